The zero-order valence-corrected chi connectivity index (χ0v) is 50.3. The second-order valence-corrected chi connectivity index (χ2v) is 27.8. The maximum Gasteiger partial charge on any atom is 0.129 e. The highest BCUT2D eigenvalue weighted by molar-refractivity contribution is 4.65. The van der Waals surface area contributed by atoms with Crippen LogP contribution in [0.5, 0.6) is 0 Å². The van der Waals surface area contributed by atoms with E-state index in [1.807, 2.05) is 0 Å². The molecule has 0 unspecified atom stereocenters. The van der Waals surface area contributed by atoms with Crippen molar-refractivity contribution in [3.63, 3.8) is 0 Å². The van der Waals surface area contributed by atoms with Crippen molar-refractivity contribution in [2.75, 3.05) is 316 Å². The first-order valence-electron chi connectivity index (χ1n) is 23.3. The standard InChI is InChI=1S/C14H34N3.C12H32N3.2C11H29N3.HI/c1-9-10-17(8,13-11-15(2,3)4)14-12-16(5,6)7;1-13(2,3)9-11-15(7,8)12-10-14(4,5)6;2*1-12(8-10-13(2,3)4)9-11-14(5,6)7;/h9H,1,10-14H2,2-8H3;9-12H2,1-8H3;2*8-11H2,1-7H3;1H/q2*+3;2*+2;. The van der Waals surface area contributed by atoms with Crippen LogP contribution in [0, 0.1) is 0 Å². The molecule has 0 aromatic carbocycles. The van der Waals surface area contributed by atoms with Gasteiger partial charge in [0.1, 0.15) is 78.5 Å². The smallest absolute Gasteiger partial charge is 0.129 e. The Balaban J connectivity index is -0.000000228. The van der Waals surface area contributed by atoms with Gasteiger partial charge in [-0.05, 0) is 13.1 Å². The molecule has 0 rings (SSSR count). The molecule has 1 N–H and O–H groups in total. The molecule has 0 radical (unpaired) electrons. The number of quaternary nitrogens is 11. The van der Waals surface area contributed by atoms with Crippen LogP contribution in [-0.4, -0.2) is 365 Å². The predicted octanol–water partition coefficient (Wildman–Crippen LogP) is -2.25. The van der Waals surface area contributed by atoms with Gasteiger partial charge in [0, 0.05) is 13.1 Å². The fourth-order valence-electron chi connectivity index (χ4n) is 5.17. The van der Waals surface area contributed by atoms with Gasteiger partial charge in [0.05, 0.1) is 217 Å². The molecule has 0 aliphatic carbocycles. The number of halogens is 1. The zero-order valence-electron chi connectivity index (χ0n) is 48.1. The van der Waals surface area contributed by atoms with E-state index in [2.05, 4.69) is 222 Å². The van der Waals surface area contributed by atoms with Gasteiger partial charge in [0.25, 0.3) is 0 Å². The minimum absolute atomic E-state index is 0. The first-order chi connectivity index (χ1) is 26.1. The van der Waals surface area contributed by atoms with Crippen LogP contribution >= 0.6 is 0 Å². The number of likely N-dealkylation sites (N-methyl/N-ethyl adjacent to an activating group) is 12. The maximum atomic E-state index is 3.91. The summed E-state index contributed by atoms with van der Waals surface area (Å²) in [5, 5.41) is 0. The van der Waals surface area contributed by atoms with E-state index in [4.69, 9.17) is 0 Å². The van der Waals surface area contributed by atoms with E-state index in [-0.39, 0.29) is 24.0 Å². The quantitative estimate of drug-likeness (QED) is 0.0587. The average molecular weight is 998 g/mol. The van der Waals surface area contributed by atoms with Gasteiger partial charge in [0.2, 0.25) is 0 Å². The van der Waals surface area contributed by atoms with Crippen molar-refractivity contribution in [3.8, 4) is 0 Å². The maximum absolute atomic E-state index is 3.91. The number of hydrogen-bond acceptors (Lipinski definition) is 1. The first-order valence-corrected chi connectivity index (χ1v) is 23.3. The van der Waals surface area contributed by atoms with Crippen LogP contribution in [0.4, 0.5) is 0 Å². The molecular weight excluding hydrogens is 872 g/mol. The van der Waals surface area contributed by atoms with Crippen molar-refractivity contribution in [1.29, 1.82) is 0 Å². The molecule has 0 amide bonds. The average Bonchev–Trinajstić information content (AvgIpc) is 2.99. The Morgan fingerprint density at radius 1 is 0.361 bits per heavy atom. The summed E-state index contributed by atoms with van der Waals surface area (Å²) >= 11 is 0. The first kappa shape index (κ1) is 70.0. The number of nitrogens with one attached hydrogen (secondary N) is 1. The molecule has 374 valence electrons. The molecule has 0 aromatic heterocycles. The summed E-state index contributed by atoms with van der Waals surface area (Å²) in [6, 6.07) is 0. The van der Waals surface area contributed by atoms with E-state index in [1.54, 1.807) is 4.90 Å². The van der Waals surface area contributed by atoms with Crippen molar-refractivity contribution in [3.05, 3.63) is 12.7 Å². The van der Waals surface area contributed by atoms with Crippen molar-refractivity contribution in [2.45, 2.75) is 0 Å². The lowest BCUT2D eigenvalue weighted by molar-refractivity contribution is -0.966. The SMILES string of the molecule is C=CC[N+](C)(CC[N+](C)(C)C)CC[N+](C)(C)C.CN(CC[N+](C)(C)C)CC[N+](C)(C)C.C[N+](C)(C)CC[N+](C)(C)CC[N+](C)(C)C.C[NH+](CC[N+](C)(C)C)CC[N+](C)(C)C.[I-]. The minimum Gasteiger partial charge on any atom is -1.00 e. The van der Waals surface area contributed by atoms with Crippen molar-refractivity contribution in [2.24, 2.45) is 0 Å². The molecule has 0 saturated carbocycles. The summed E-state index contributed by atoms with van der Waals surface area (Å²) in [4.78, 5) is 4.07. The summed E-state index contributed by atoms with van der Waals surface area (Å²) < 4.78 is 10.7. The molecule has 0 aromatic rings. The van der Waals surface area contributed by atoms with E-state index in [9.17, 15) is 0 Å². The topological polar surface area (TPSA) is 7.68 Å². The van der Waals surface area contributed by atoms with E-state index in [0.717, 1.165) is 51.4 Å². The number of hydrogen-bond donors (Lipinski definition) is 1. The van der Waals surface area contributed by atoms with Crippen LogP contribution in [0.2, 0.25) is 0 Å². The summed E-state index contributed by atoms with van der Waals surface area (Å²) in [5.41, 5.74) is 0. The van der Waals surface area contributed by atoms with Crippen molar-refractivity contribution < 1.29 is 73.7 Å². The van der Waals surface area contributed by atoms with Crippen LogP contribution in [-0.2, 0) is 0 Å². The molecule has 12 nitrogen and oxygen atoms in total. The highest BCUT2D eigenvalue weighted by Crippen LogP contribution is 2.07. The molecule has 0 atom stereocenters. The monoisotopic (exact) mass is 997 g/mol. The molecule has 0 bridgehead atoms. The van der Waals surface area contributed by atoms with E-state index >= 15 is 0 Å². The van der Waals surface area contributed by atoms with Gasteiger partial charge >= 0.3 is 0 Å². The van der Waals surface area contributed by atoms with Crippen LogP contribution in [0.1, 0.15) is 0 Å². The van der Waals surface area contributed by atoms with E-state index in [0.29, 0.717) is 0 Å². The Morgan fingerprint density at radius 3 is 0.803 bits per heavy atom. The van der Waals surface area contributed by atoms with Crippen LogP contribution in [0.3, 0.4) is 0 Å². The normalized spacial score (nSPS) is 13.7. The lowest BCUT2D eigenvalue weighted by Crippen LogP contribution is -3.10. The Bertz CT molecular complexity index is 960. The van der Waals surface area contributed by atoms with Crippen LogP contribution < -0.4 is 28.9 Å². The fourth-order valence-corrected chi connectivity index (χ4v) is 5.17. The minimum atomic E-state index is 0. The van der Waals surface area contributed by atoms with Gasteiger partial charge in [-0.15, -0.1) is 0 Å². The third-order valence-corrected chi connectivity index (χ3v) is 10.7. The molecule has 0 heterocycles. The molecular formula is C48H125IN12+10. The van der Waals surface area contributed by atoms with Gasteiger partial charge in [0.15, 0.2) is 0 Å². The van der Waals surface area contributed by atoms with Gasteiger partial charge < -0.3 is 73.7 Å². The third-order valence-electron chi connectivity index (χ3n) is 10.7. The highest BCUT2D eigenvalue weighted by Gasteiger charge is 2.26. The van der Waals surface area contributed by atoms with E-state index < -0.39 is 0 Å². The molecule has 61 heavy (non-hydrogen) atoms. The summed E-state index contributed by atoms with van der Waals surface area (Å²) in [5.74, 6) is 0. The van der Waals surface area contributed by atoms with E-state index in [1.165, 1.54) is 105 Å². The molecule has 0 aliphatic rings. The van der Waals surface area contributed by atoms with Gasteiger partial charge in [-0.25, -0.2) is 0 Å². The lowest BCUT2D eigenvalue weighted by Gasteiger charge is -2.38. The molecule has 0 spiro atoms. The Hall–Kier alpha value is -0.0100. The Morgan fingerprint density at radius 2 is 0.590 bits per heavy atom. The van der Waals surface area contributed by atoms with Gasteiger partial charge in [-0.1, -0.05) is 6.58 Å². The second kappa shape index (κ2) is 29.6. The Labute approximate surface area is 405 Å². The van der Waals surface area contributed by atoms with Crippen LogP contribution in [0.25, 0.3) is 0 Å². The molecule has 13 heteroatoms. The number of rotatable bonds is 26. The van der Waals surface area contributed by atoms with Crippen molar-refractivity contribution >= 4 is 0 Å². The summed E-state index contributed by atoms with van der Waals surface area (Å²) in [6.07, 6.45) is 2.06. The van der Waals surface area contributed by atoms with Crippen LogP contribution in [0.15, 0.2) is 12.7 Å². The van der Waals surface area contributed by atoms with Crippen molar-refractivity contribution in [1.82, 2.24) is 4.90 Å². The predicted molar refractivity (Wildman–Crippen MR) is 270 cm³/mol. The largest absolute Gasteiger partial charge is 1.00 e. The molecule has 0 saturated heterocycles. The molecule has 0 aliphatic heterocycles. The third kappa shape index (κ3) is 64.4. The summed E-state index contributed by atoms with van der Waals surface area (Å²) in [6.45, 7) is 24.7. The van der Waals surface area contributed by atoms with Gasteiger partial charge in [-0.2, -0.15) is 0 Å². The fraction of sp³-hybridized carbons (Fsp3) is 0.958. The highest BCUT2D eigenvalue weighted by atomic mass is 127. The zero-order chi connectivity index (χ0) is 48.9. The van der Waals surface area contributed by atoms with Gasteiger partial charge in [-0.3, -0.25) is 4.90 Å². The number of nitrogens with zero attached hydrogens (tertiary/aromatic N) is 11. The summed E-state index contributed by atoms with van der Waals surface area (Å²) in [7, 11) is 65.7. The lowest BCUT2D eigenvalue weighted by atomic mass is 10.3. The molecule has 0 fully saturated rings. The second-order valence-electron chi connectivity index (χ2n) is 27.8. The Kier molecular flexibility index (Phi) is 34.0.